The van der Waals surface area contributed by atoms with Gasteiger partial charge in [0.2, 0.25) is 12.4 Å². The molecule has 0 bridgehead atoms. The minimum absolute atomic E-state index is 0.178. The lowest BCUT2D eigenvalue weighted by atomic mass is 10.1. The summed E-state index contributed by atoms with van der Waals surface area (Å²) < 4.78 is 33.0. The van der Waals surface area contributed by atoms with Crippen molar-refractivity contribution in [2.24, 2.45) is 5.92 Å². The van der Waals surface area contributed by atoms with Crippen LogP contribution >= 0.6 is 0 Å². The largest absolute Gasteiger partial charge is 0.744 e. The lowest BCUT2D eigenvalue weighted by Gasteiger charge is -2.07. The Morgan fingerprint density at radius 3 is 2.06 bits per heavy atom. The van der Waals surface area contributed by atoms with Crippen molar-refractivity contribution in [1.29, 1.82) is 0 Å². The van der Waals surface area contributed by atoms with Crippen LogP contribution in [-0.4, -0.2) is 19.6 Å². The van der Waals surface area contributed by atoms with E-state index in [-0.39, 0.29) is 4.90 Å². The maximum atomic E-state index is 10.4. The van der Waals surface area contributed by atoms with Gasteiger partial charge in [-0.2, -0.15) is 0 Å². The summed E-state index contributed by atoms with van der Waals surface area (Å²) >= 11 is 0. The van der Waals surface area contributed by atoms with E-state index in [4.69, 9.17) is 4.84 Å². The highest BCUT2D eigenvalue weighted by molar-refractivity contribution is 7.85. The number of rotatable bonds is 8. The maximum Gasteiger partial charge on any atom is 0.223 e. The van der Waals surface area contributed by atoms with Gasteiger partial charge >= 0.3 is 0 Å². The molecule has 3 aromatic rings. The molecule has 1 aromatic heterocycles. The Kier molecular flexibility index (Phi) is 9.69. The zero-order chi connectivity index (χ0) is 22.7. The topological polar surface area (TPSA) is 70.3 Å². The fourth-order valence-electron chi connectivity index (χ4n) is 2.88. The summed E-state index contributed by atoms with van der Waals surface area (Å²) in [6, 6.07) is 20.3. The van der Waals surface area contributed by atoms with Gasteiger partial charge in [0.05, 0.1) is 4.90 Å². The maximum absolute atomic E-state index is 10.4. The second kappa shape index (κ2) is 12.2. The molecule has 0 saturated carbocycles. The molecule has 1 atom stereocenters. The van der Waals surface area contributed by atoms with Gasteiger partial charge in [-0.25, -0.2) is 8.42 Å². The van der Waals surface area contributed by atoms with Crippen molar-refractivity contribution in [3.63, 3.8) is 0 Å². The first kappa shape index (κ1) is 24.6. The Morgan fingerprint density at radius 1 is 0.935 bits per heavy atom. The van der Waals surface area contributed by atoms with Gasteiger partial charge in [-0.15, -0.1) is 0 Å². The molecule has 0 aliphatic heterocycles. The molecule has 5 nitrogen and oxygen atoms in total. The molecule has 0 spiro atoms. The first-order chi connectivity index (χ1) is 14.8. The zero-order valence-electron chi connectivity index (χ0n) is 18.4. The van der Waals surface area contributed by atoms with Crippen LogP contribution in [0, 0.1) is 12.8 Å². The molecule has 31 heavy (non-hydrogen) atoms. The summed E-state index contributed by atoms with van der Waals surface area (Å²) in [6.45, 7) is 7.07. The number of hydrogen-bond donors (Lipinski definition) is 0. The van der Waals surface area contributed by atoms with Crippen molar-refractivity contribution < 1.29 is 22.5 Å². The molecule has 0 N–H and O–H groups in total. The molecule has 0 aliphatic rings. The number of benzene rings is 2. The average molecular weight is 442 g/mol. The van der Waals surface area contributed by atoms with E-state index in [1.807, 2.05) is 25.4 Å². The highest BCUT2D eigenvalue weighted by Crippen LogP contribution is 2.16. The predicted octanol–water partition coefficient (Wildman–Crippen LogP) is 4.80. The highest BCUT2D eigenvalue weighted by Gasteiger charge is 2.08. The Hall–Kier alpha value is -2.70. The van der Waals surface area contributed by atoms with Gasteiger partial charge in [0.15, 0.2) is 6.61 Å². The van der Waals surface area contributed by atoms with Crippen LogP contribution in [0.25, 0.3) is 11.1 Å². The fourth-order valence-corrected chi connectivity index (χ4v) is 3.35. The third-order valence-electron chi connectivity index (χ3n) is 4.78. The van der Waals surface area contributed by atoms with Gasteiger partial charge in [-0.1, -0.05) is 74.7 Å². The van der Waals surface area contributed by atoms with Crippen molar-refractivity contribution in [1.82, 2.24) is 0 Å². The monoisotopic (exact) mass is 441 g/mol. The third kappa shape index (κ3) is 8.90. The molecule has 3 rings (SSSR count). The van der Waals surface area contributed by atoms with Crippen molar-refractivity contribution in [3.8, 4) is 11.1 Å². The highest BCUT2D eigenvalue weighted by atomic mass is 32.2. The Morgan fingerprint density at radius 2 is 1.52 bits per heavy atom. The number of nitrogens with zero attached hydrogens (tertiary/aromatic N) is 1. The summed E-state index contributed by atoms with van der Waals surface area (Å²) in [5.41, 5.74) is 3.37. The summed E-state index contributed by atoms with van der Waals surface area (Å²) in [5, 5.41) is 0. The van der Waals surface area contributed by atoms with E-state index in [9.17, 15) is 13.0 Å². The van der Waals surface area contributed by atoms with Gasteiger partial charge < -0.3 is 4.55 Å². The lowest BCUT2D eigenvalue weighted by molar-refractivity contribution is -0.892. The Bertz CT molecular complexity index is 1000. The van der Waals surface area contributed by atoms with Gasteiger partial charge in [0, 0.05) is 16.9 Å². The third-order valence-corrected chi connectivity index (χ3v) is 5.63. The molecule has 166 valence electrons. The first-order valence-corrected chi connectivity index (χ1v) is 11.9. The van der Waals surface area contributed by atoms with E-state index >= 15 is 0 Å². The van der Waals surface area contributed by atoms with E-state index in [0.717, 1.165) is 12.2 Å². The van der Waals surface area contributed by atoms with Crippen LogP contribution in [-0.2, 0) is 10.1 Å². The lowest BCUT2D eigenvalue weighted by Crippen LogP contribution is -2.43. The van der Waals surface area contributed by atoms with Gasteiger partial charge in [0.25, 0.3) is 0 Å². The summed E-state index contributed by atoms with van der Waals surface area (Å²) in [4.78, 5) is 5.59. The van der Waals surface area contributed by atoms with Crippen molar-refractivity contribution in [3.05, 3.63) is 84.7 Å². The zero-order valence-corrected chi connectivity index (χ0v) is 19.2. The second-order valence-corrected chi connectivity index (χ2v) is 9.00. The molecule has 0 fully saturated rings. The van der Waals surface area contributed by atoms with Crippen molar-refractivity contribution >= 4 is 10.1 Å². The molecule has 1 heterocycles. The smallest absolute Gasteiger partial charge is 0.223 e. The Labute approximate surface area is 186 Å². The number of aryl methyl sites for hydroxylation is 1. The Balaban J connectivity index is 0.000000262. The molecular weight excluding hydrogens is 410 g/mol. The van der Waals surface area contributed by atoms with E-state index in [0.29, 0.717) is 5.92 Å². The van der Waals surface area contributed by atoms with Crippen LogP contribution in [0.5, 0.6) is 0 Å². The van der Waals surface area contributed by atoms with Gasteiger partial charge in [0.1, 0.15) is 10.1 Å². The molecular formula is C25H31NO4S. The standard InChI is InChI=1S/C18H24NO.C7H8O3S/c1-3-4-8-16(2)15-20-19-13-11-18(12-14-19)17-9-6-5-7-10-17;1-6-2-4-7(5-3-6)11(8,9)10/h5-7,9-14,16H,3-4,8,15H2,1-2H3;2-5H,1H3,(H,8,9,10)/q+1;/p-1. The van der Waals surface area contributed by atoms with Crippen LogP contribution in [0.3, 0.4) is 0 Å². The molecule has 1 unspecified atom stereocenters. The first-order valence-electron chi connectivity index (χ1n) is 10.5. The van der Waals surface area contributed by atoms with E-state index in [1.165, 1.54) is 42.5 Å². The minimum Gasteiger partial charge on any atom is -0.744 e. The SMILES string of the molecule is CCCCC(C)CO[n+]1ccc(-c2ccccc2)cc1.Cc1ccc(S(=O)(=O)[O-])cc1. The second-order valence-electron chi connectivity index (χ2n) is 7.62. The van der Waals surface area contributed by atoms with E-state index < -0.39 is 10.1 Å². The summed E-state index contributed by atoms with van der Waals surface area (Å²) in [6.07, 6.45) is 7.73. The molecule has 2 aromatic carbocycles. The molecule has 6 heteroatoms. The fraction of sp³-hybridized carbons (Fsp3) is 0.320. The molecule has 0 radical (unpaired) electrons. The van der Waals surface area contributed by atoms with Crippen LogP contribution in [0.1, 0.15) is 38.7 Å². The molecule has 0 aliphatic carbocycles. The van der Waals surface area contributed by atoms with Gasteiger partial charge in [-0.3, -0.25) is 4.84 Å². The summed E-state index contributed by atoms with van der Waals surface area (Å²) in [7, 11) is -4.27. The predicted molar refractivity (Wildman–Crippen MR) is 121 cm³/mol. The quantitative estimate of drug-likeness (QED) is 0.372. The normalized spacial score (nSPS) is 11.9. The van der Waals surface area contributed by atoms with Crippen LogP contribution in [0.4, 0.5) is 0 Å². The number of aromatic nitrogens is 1. The van der Waals surface area contributed by atoms with Gasteiger partial charge in [-0.05, 0) is 42.5 Å². The van der Waals surface area contributed by atoms with Crippen molar-refractivity contribution in [2.45, 2.75) is 44.9 Å². The van der Waals surface area contributed by atoms with E-state index in [2.05, 4.69) is 50.2 Å². The number of unbranched alkanes of at least 4 members (excludes halogenated alkanes) is 1. The van der Waals surface area contributed by atoms with E-state index in [1.54, 1.807) is 16.9 Å². The summed E-state index contributed by atoms with van der Waals surface area (Å²) in [5.74, 6) is 0.608. The molecule has 0 amide bonds. The van der Waals surface area contributed by atoms with Crippen LogP contribution in [0.2, 0.25) is 0 Å². The minimum atomic E-state index is -4.27. The van der Waals surface area contributed by atoms with Crippen LogP contribution in [0.15, 0.2) is 84.0 Å². The number of hydrogen-bond acceptors (Lipinski definition) is 4. The number of pyridine rings is 1. The molecule has 0 saturated heterocycles. The van der Waals surface area contributed by atoms with Crippen LogP contribution < -0.4 is 9.57 Å². The average Bonchev–Trinajstić information content (AvgIpc) is 2.77. The van der Waals surface area contributed by atoms with Crippen molar-refractivity contribution in [2.75, 3.05) is 6.61 Å².